The lowest BCUT2D eigenvalue weighted by atomic mass is 10.1. The van der Waals surface area contributed by atoms with E-state index in [4.69, 9.17) is 21.3 Å². The normalized spacial score (nSPS) is 11.1. The Morgan fingerprint density at radius 3 is 2.54 bits per heavy atom. The molecule has 0 saturated heterocycles. The lowest BCUT2D eigenvalue weighted by Crippen LogP contribution is -2.25. The second kappa shape index (κ2) is 11.8. The molecule has 0 radical (unpaired) electrons. The molecule has 4 rings (SSSR count). The third-order valence-electron chi connectivity index (χ3n) is 5.99. The van der Waals surface area contributed by atoms with E-state index in [2.05, 4.69) is 27.0 Å². The fraction of sp³-hybridized carbons (Fsp3) is 0.321. The Morgan fingerprint density at radius 2 is 1.77 bits per heavy atom. The maximum absolute atomic E-state index is 12.2. The van der Waals surface area contributed by atoms with Crippen LogP contribution in [0.5, 0.6) is 5.75 Å². The number of rotatable bonds is 11. The first-order chi connectivity index (χ1) is 17.0. The fourth-order valence-corrected chi connectivity index (χ4v) is 4.28. The molecule has 1 amide bonds. The number of para-hydroxylation sites is 2. The van der Waals surface area contributed by atoms with Crippen molar-refractivity contribution in [1.29, 1.82) is 0 Å². The average molecular weight is 491 g/mol. The van der Waals surface area contributed by atoms with Crippen LogP contribution in [0.25, 0.3) is 11.0 Å². The summed E-state index contributed by atoms with van der Waals surface area (Å²) in [6.45, 7) is 6.12. The van der Waals surface area contributed by atoms with Crippen molar-refractivity contribution >= 4 is 28.5 Å². The summed E-state index contributed by atoms with van der Waals surface area (Å²) in [5.74, 6) is 1.84. The van der Waals surface area contributed by atoms with Gasteiger partial charge in [-0.1, -0.05) is 23.7 Å². The SMILES string of the molecule is Cc1cc(OCCCCn2c(CCCNC(=O)c3ccncc3)nc3ccccc32)cc(C)c1Cl. The Labute approximate surface area is 211 Å². The Balaban J connectivity index is 1.29. The van der Waals surface area contributed by atoms with Gasteiger partial charge in [-0.05, 0) is 80.6 Å². The summed E-state index contributed by atoms with van der Waals surface area (Å²) in [4.78, 5) is 21.1. The molecule has 6 nitrogen and oxygen atoms in total. The summed E-state index contributed by atoms with van der Waals surface area (Å²) in [5.41, 5.74) is 4.85. The summed E-state index contributed by atoms with van der Waals surface area (Å²) < 4.78 is 8.27. The van der Waals surface area contributed by atoms with Gasteiger partial charge < -0.3 is 14.6 Å². The van der Waals surface area contributed by atoms with Crippen LogP contribution >= 0.6 is 11.6 Å². The molecule has 0 aliphatic heterocycles. The molecular weight excluding hydrogens is 460 g/mol. The molecule has 35 heavy (non-hydrogen) atoms. The third kappa shape index (κ3) is 6.40. The van der Waals surface area contributed by atoms with E-state index in [1.165, 1.54) is 0 Å². The number of pyridine rings is 1. The van der Waals surface area contributed by atoms with Crippen LogP contribution in [0.1, 0.15) is 46.6 Å². The highest BCUT2D eigenvalue weighted by Gasteiger charge is 2.11. The molecule has 7 heteroatoms. The van der Waals surface area contributed by atoms with Crippen molar-refractivity contribution in [2.24, 2.45) is 0 Å². The number of amides is 1. The van der Waals surface area contributed by atoms with Gasteiger partial charge in [-0.3, -0.25) is 9.78 Å². The van der Waals surface area contributed by atoms with Crippen LogP contribution < -0.4 is 10.1 Å². The number of nitrogens with one attached hydrogen (secondary N) is 1. The first-order valence-corrected chi connectivity index (χ1v) is 12.4. The van der Waals surface area contributed by atoms with Gasteiger partial charge in [-0.25, -0.2) is 4.98 Å². The van der Waals surface area contributed by atoms with Crippen LogP contribution in [0.15, 0.2) is 60.9 Å². The van der Waals surface area contributed by atoms with Crippen LogP contribution in [-0.2, 0) is 13.0 Å². The molecule has 0 fully saturated rings. The number of nitrogens with zero attached hydrogens (tertiary/aromatic N) is 3. The van der Waals surface area contributed by atoms with Crippen LogP contribution in [0.3, 0.4) is 0 Å². The lowest BCUT2D eigenvalue weighted by molar-refractivity contribution is 0.0953. The standard InChI is InChI=1S/C28H31ClN4O2/c1-20-18-23(19-21(2)27(20)29)35-17-6-5-16-33-25-9-4-3-8-24(25)32-26(33)10-7-13-31-28(34)22-11-14-30-15-12-22/h3-4,8-9,11-12,14-15,18-19H,5-7,10,13,16-17H2,1-2H3,(H,31,34). The van der Waals surface area contributed by atoms with Gasteiger partial charge >= 0.3 is 0 Å². The monoisotopic (exact) mass is 490 g/mol. The predicted molar refractivity (Wildman–Crippen MR) is 140 cm³/mol. The number of imidazole rings is 1. The maximum Gasteiger partial charge on any atom is 0.251 e. The van der Waals surface area contributed by atoms with E-state index in [0.717, 1.165) is 71.0 Å². The van der Waals surface area contributed by atoms with E-state index in [0.29, 0.717) is 18.7 Å². The number of halogens is 1. The average Bonchev–Trinajstić information content (AvgIpc) is 3.22. The topological polar surface area (TPSA) is 69.0 Å². The zero-order valence-corrected chi connectivity index (χ0v) is 21.0. The fourth-order valence-electron chi connectivity index (χ4n) is 4.17. The van der Waals surface area contributed by atoms with Crippen LogP contribution in [0.4, 0.5) is 0 Å². The molecule has 2 heterocycles. The number of aromatic nitrogens is 3. The Bertz CT molecular complexity index is 1260. The number of benzene rings is 2. The number of carbonyl (C=O) groups is 1. The minimum absolute atomic E-state index is 0.0769. The zero-order chi connectivity index (χ0) is 24.6. The van der Waals surface area contributed by atoms with E-state index in [-0.39, 0.29) is 5.91 Å². The molecule has 2 aromatic heterocycles. The van der Waals surface area contributed by atoms with Gasteiger partial charge in [0.2, 0.25) is 0 Å². The summed E-state index contributed by atoms with van der Waals surface area (Å²) in [6.07, 6.45) is 6.79. The molecule has 0 saturated carbocycles. The molecule has 0 aliphatic rings. The molecule has 0 aliphatic carbocycles. The number of hydrogen-bond acceptors (Lipinski definition) is 4. The van der Waals surface area contributed by atoms with E-state index < -0.39 is 0 Å². The number of hydrogen-bond donors (Lipinski definition) is 1. The summed E-state index contributed by atoms with van der Waals surface area (Å²) in [7, 11) is 0. The van der Waals surface area contributed by atoms with Crippen molar-refractivity contribution in [2.45, 2.75) is 46.1 Å². The molecule has 0 spiro atoms. The van der Waals surface area contributed by atoms with Crippen LogP contribution in [-0.4, -0.2) is 33.6 Å². The van der Waals surface area contributed by atoms with E-state index in [9.17, 15) is 4.79 Å². The molecule has 0 atom stereocenters. The van der Waals surface area contributed by atoms with Crippen molar-refractivity contribution in [1.82, 2.24) is 19.9 Å². The first-order valence-electron chi connectivity index (χ1n) is 12.0. The molecule has 1 N–H and O–H groups in total. The minimum Gasteiger partial charge on any atom is -0.494 e. The van der Waals surface area contributed by atoms with Crippen molar-refractivity contribution in [3.05, 3.63) is 88.5 Å². The molecule has 0 unspecified atom stereocenters. The number of ether oxygens (including phenoxy) is 1. The van der Waals surface area contributed by atoms with Crippen LogP contribution in [0, 0.1) is 13.8 Å². The maximum atomic E-state index is 12.2. The largest absolute Gasteiger partial charge is 0.494 e. The van der Waals surface area contributed by atoms with Crippen LogP contribution in [0.2, 0.25) is 5.02 Å². The van der Waals surface area contributed by atoms with Gasteiger partial charge in [0.25, 0.3) is 5.91 Å². The Hall–Kier alpha value is -3.38. The minimum atomic E-state index is -0.0769. The van der Waals surface area contributed by atoms with E-state index in [1.807, 2.05) is 38.1 Å². The van der Waals surface area contributed by atoms with Crippen molar-refractivity contribution < 1.29 is 9.53 Å². The van der Waals surface area contributed by atoms with Gasteiger partial charge in [0, 0.05) is 42.5 Å². The second-order valence-electron chi connectivity index (χ2n) is 8.69. The van der Waals surface area contributed by atoms with Gasteiger partial charge in [0.15, 0.2) is 0 Å². The molecule has 0 bridgehead atoms. The number of carbonyl (C=O) groups excluding carboxylic acids is 1. The summed E-state index contributed by atoms with van der Waals surface area (Å²) in [5, 5.41) is 3.78. The van der Waals surface area contributed by atoms with Gasteiger partial charge in [0.1, 0.15) is 11.6 Å². The third-order valence-corrected chi connectivity index (χ3v) is 6.59. The molecular formula is C28H31ClN4O2. The van der Waals surface area contributed by atoms with E-state index >= 15 is 0 Å². The summed E-state index contributed by atoms with van der Waals surface area (Å²) >= 11 is 6.25. The quantitative estimate of drug-likeness (QED) is 0.265. The first kappa shape index (κ1) is 24.7. The Kier molecular flexibility index (Phi) is 8.37. The highest BCUT2D eigenvalue weighted by molar-refractivity contribution is 6.32. The highest BCUT2D eigenvalue weighted by atomic mass is 35.5. The van der Waals surface area contributed by atoms with E-state index in [1.54, 1.807) is 24.5 Å². The Morgan fingerprint density at radius 1 is 1.03 bits per heavy atom. The number of fused-ring (bicyclic) bond motifs is 1. The second-order valence-corrected chi connectivity index (χ2v) is 9.07. The molecule has 2 aromatic carbocycles. The van der Waals surface area contributed by atoms with Crippen molar-refractivity contribution in [3.8, 4) is 5.75 Å². The highest BCUT2D eigenvalue weighted by Crippen LogP contribution is 2.26. The van der Waals surface area contributed by atoms with Crippen molar-refractivity contribution in [3.63, 3.8) is 0 Å². The smallest absolute Gasteiger partial charge is 0.251 e. The van der Waals surface area contributed by atoms with Crippen molar-refractivity contribution in [2.75, 3.05) is 13.2 Å². The molecule has 182 valence electrons. The zero-order valence-electron chi connectivity index (χ0n) is 20.3. The summed E-state index contributed by atoms with van der Waals surface area (Å²) in [6, 6.07) is 15.6. The van der Waals surface area contributed by atoms with Gasteiger partial charge in [-0.15, -0.1) is 0 Å². The van der Waals surface area contributed by atoms with Gasteiger partial charge in [0.05, 0.1) is 17.6 Å². The lowest BCUT2D eigenvalue weighted by Gasteiger charge is -2.12. The van der Waals surface area contributed by atoms with Gasteiger partial charge in [-0.2, -0.15) is 0 Å². The predicted octanol–water partition coefficient (Wildman–Crippen LogP) is 5.92. The number of aryl methyl sites for hydroxylation is 4. The molecule has 4 aromatic rings. The number of unbranched alkanes of at least 4 members (excludes halogenated alkanes) is 1.